The van der Waals surface area contributed by atoms with Crippen molar-refractivity contribution < 1.29 is 13.2 Å². The van der Waals surface area contributed by atoms with Gasteiger partial charge in [0, 0.05) is 23.8 Å². The third-order valence-electron chi connectivity index (χ3n) is 3.35. The zero-order chi connectivity index (χ0) is 16.9. The molecule has 0 aliphatic rings. The van der Waals surface area contributed by atoms with Gasteiger partial charge >= 0.3 is 0 Å². The minimum Gasteiger partial charge on any atom is -0.350 e. The summed E-state index contributed by atoms with van der Waals surface area (Å²) < 4.78 is 24.6. The molecule has 7 heteroatoms. The number of nitrogens with one attached hydrogen (secondary N) is 2. The van der Waals surface area contributed by atoms with E-state index >= 15 is 0 Å². The van der Waals surface area contributed by atoms with Crippen molar-refractivity contribution in [2.24, 2.45) is 5.92 Å². The molecule has 0 aliphatic heterocycles. The van der Waals surface area contributed by atoms with Gasteiger partial charge in [0.15, 0.2) is 0 Å². The lowest BCUT2D eigenvalue weighted by molar-refractivity contribution is 0.0934. The fraction of sp³-hybridized carbons (Fsp3) is 0.533. The van der Waals surface area contributed by atoms with Gasteiger partial charge in [-0.25, -0.2) is 8.42 Å². The van der Waals surface area contributed by atoms with Gasteiger partial charge in [0.05, 0.1) is 6.26 Å². The van der Waals surface area contributed by atoms with Crippen LogP contribution in [0.4, 0.5) is 5.69 Å². The predicted octanol–water partition coefficient (Wildman–Crippen LogP) is 1.37. The van der Waals surface area contributed by atoms with Gasteiger partial charge in [-0.3, -0.25) is 9.52 Å². The van der Waals surface area contributed by atoms with E-state index in [0.717, 1.165) is 6.26 Å². The molecule has 1 aromatic rings. The van der Waals surface area contributed by atoms with Crippen LogP contribution < -0.4 is 10.0 Å². The second-order valence-electron chi connectivity index (χ2n) is 5.94. The molecule has 0 spiro atoms. The molecule has 1 rings (SSSR count). The molecule has 22 heavy (non-hydrogen) atoms. The maximum Gasteiger partial charge on any atom is 0.251 e. The summed E-state index contributed by atoms with van der Waals surface area (Å²) in [5, 5.41) is 2.91. The lowest BCUT2D eigenvalue weighted by Gasteiger charge is -2.28. The highest BCUT2D eigenvalue weighted by Gasteiger charge is 2.17. The molecule has 6 nitrogen and oxygen atoms in total. The summed E-state index contributed by atoms with van der Waals surface area (Å²) in [5.41, 5.74) is 0.938. The molecule has 1 atom stereocenters. The summed E-state index contributed by atoms with van der Waals surface area (Å²) in [6.45, 7) is 4.79. The van der Waals surface area contributed by atoms with E-state index in [4.69, 9.17) is 0 Å². The first kappa shape index (κ1) is 18.4. The van der Waals surface area contributed by atoms with E-state index in [9.17, 15) is 13.2 Å². The summed E-state index contributed by atoms with van der Waals surface area (Å²) >= 11 is 0. The molecular weight excluding hydrogens is 302 g/mol. The second-order valence-corrected chi connectivity index (χ2v) is 7.69. The molecule has 0 saturated carbocycles. The molecule has 0 heterocycles. The highest BCUT2D eigenvalue weighted by atomic mass is 32.2. The quantitative estimate of drug-likeness (QED) is 0.793. The van der Waals surface area contributed by atoms with Crippen molar-refractivity contribution in [3.8, 4) is 0 Å². The van der Waals surface area contributed by atoms with Crippen LogP contribution in [-0.2, 0) is 10.0 Å². The van der Waals surface area contributed by atoms with Gasteiger partial charge in [0.25, 0.3) is 5.91 Å². The molecule has 1 amide bonds. The van der Waals surface area contributed by atoms with Gasteiger partial charge in [-0.1, -0.05) is 13.8 Å². The van der Waals surface area contributed by atoms with Gasteiger partial charge in [-0.2, -0.15) is 0 Å². The maximum absolute atomic E-state index is 12.1. The fourth-order valence-electron chi connectivity index (χ4n) is 2.22. The predicted molar refractivity (Wildman–Crippen MR) is 89.6 cm³/mol. The fourth-order valence-corrected chi connectivity index (χ4v) is 2.78. The number of anilines is 1. The molecular formula is C15H25N3O3S. The van der Waals surface area contributed by atoms with Crippen LogP contribution in [0.5, 0.6) is 0 Å². The second kappa shape index (κ2) is 7.60. The lowest BCUT2D eigenvalue weighted by atomic mass is 10.0. The first-order valence-electron chi connectivity index (χ1n) is 7.12. The molecule has 1 aromatic carbocycles. The zero-order valence-corrected chi connectivity index (χ0v) is 14.6. The van der Waals surface area contributed by atoms with Gasteiger partial charge in [0.2, 0.25) is 10.0 Å². The van der Waals surface area contributed by atoms with Crippen molar-refractivity contribution in [3.05, 3.63) is 29.8 Å². The molecule has 0 fully saturated rings. The summed E-state index contributed by atoms with van der Waals surface area (Å²) in [6.07, 6.45) is 1.08. The monoisotopic (exact) mass is 327 g/mol. The molecule has 2 N–H and O–H groups in total. The highest BCUT2D eigenvalue weighted by Crippen LogP contribution is 2.11. The van der Waals surface area contributed by atoms with Crippen molar-refractivity contribution in [1.29, 1.82) is 0 Å². The van der Waals surface area contributed by atoms with Gasteiger partial charge < -0.3 is 10.2 Å². The maximum atomic E-state index is 12.1. The Balaban J connectivity index is 2.66. The van der Waals surface area contributed by atoms with E-state index in [1.165, 1.54) is 0 Å². The van der Waals surface area contributed by atoms with Gasteiger partial charge in [0.1, 0.15) is 0 Å². The number of sulfonamides is 1. The first-order valence-corrected chi connectivity index (χ1v) is 9.02. The topological polar surface area (TPSA) is 78.5 Å². The van der Waals surface area contributed by atoms with E-state index < -0.39 is 10.0 Å². The normalized spacial score (nSPS) is 13.2. The SMILES string of the molecule is CC(C)[C@H](CNC(=O)c1ccc(NS(C)(=O)=O)cc1)N(C)C. The van der Waals surface area contributed by atoms with E-state index in [0.29, 0.717) is 23.7 Å². The van der Waals surface area contributed by atoms with Crippen molar-refractivity contribution >= 4 is 21.6 Å². The van der Waals surface area contributed by atoms with E-state index in [-0.39, 0.29) is 11.9 Å². The Labute approximate surface area is 132 Å². The number of likely N-dealkylation sites (N-methyl/N-ethyl adjacent to an activating group) is 1. The zero-order valence-electron chi connectivity index (χ0n) is 13.8. The minimum atomic E-state index is -3.31. The van der Waals surface area contributed by atoms with Crippen molar-refractivity contribution in [1.82, 2.24) is 10.2 Å². The number of carbonyl (C=O) groups is 1. The summed E-state index contributed by atoms with van der Waals surface area (Å²) in [6, 6.07) is 6.60. The number of carbonyl (C=O) groups excluding carboxylic acids is 1. The van der Waals surface area contributed by atoms with Crippen LogP contribution in [-0.4, -0.2) is 52.2 Å². The molecule has 0 unspecified atom stereocenters. The Morgan fingerprint density at radius 1 is 1.18 bits per heavy atom. The van der Waals surface area contributed by atoms with Crippen LogP contribution in [0.15, 0.2) is 24.3 Å². The van der Waals surface area contributed by atoms with Crippen LogP contribution >= 0.6 is 0 Å². The molecule has 0 radical (unpaired) electrons. The number of hydrogen-bond donors (Lipinski definition) is 2. The average Bonchev–Trinajstić information content (AvgIpc) is 2.36. The smallest absolute Gasteiger partial charge is 0.251 e. The van der Waals surface area contributed by atoms with E-state index in [1.54, 1.807) is 24.3 Å². The third kappa shape index (κ3) is 6.03. The minimum absolute atomic E-state index is 0.168. The van der Waals surface area contributed by atoms with E-state index in [1.807, 2.05) is 14.1 Å². The summed E-state index contributed by atoms with van der Waals surface area (Å²) in [4.78, 5) is 14.2. The van der Waals surface area contributed by atoms with E-state index in [2.05, 4.69) is 28.8 Å². The Morgan fingerprint density at radius 2 is 1.73 bits per heavy atom. The van der Waals surface area contributed by atoms with Gasteiger partial charge in [-0.05, 0) is 44.3 Å². The largest absolute Gasteiger partial charge is 0.350 e. The molecule has 0 aliphatic carbocycles. The van der Waals surface area contributed by atoms with Crippen molar-refractivity contribution in [2.75, 3.05) is 31.6 Å². The van der Waals surface area contributed by atoms with Crippen LogP contribution in [0.1, 0.15) is 24.2 Å². The van der Waals surface area contributed by atoms with Crippen LogP contribution in [0.2, 0.25) is 0 Å². The third-order valence-corrected chi connectivity index (χ3v) is 3.96. The average molecular weight is 327 g/mol. The van der Waals surface area contributed by atoms with Crippen molar-refractivity contribution in [2.45, 2.75) is 19.9 Å². The lowest BCUT2D eigenvalue weighted by Crippen LogP contribution is -2.43. The Bertz CT molecular complexity index is 587. The number of hydrogen-bond acceptors (Lipinski definition) is 4. The van der Waals surface area contributed by atoms with Crippen LogP contribution in [0.25, 0.3) is 0 Å². The summed E-state index contributed by atoms with van der Waals surface area (Å²) in [7, 11) is 0.670. The number of amides is 1. The Kier molecular flexibility index (Phi) is 6.37. The number of nitrogens with zero attached hydrogens (tertiary/aromatic N) is 1. The number of benzene rings is 1. The van der Waals surface area contributed by atoms with Gasteiger partial charge in [-0.15, -0.1) is 0 Å². The standard InChI is InChI=1S/C15H25N3O3S/c1-11(2)14(18(3)4)10-16-15(19)12-6-8-13(9-7-12)17-22(5,20)21/h6-9,11,14,17H,10H2,1-5H3,(H,16,19)/t14-/m0/s1. The van der Waals surface area contributed by atoms with Crippen LogP contribution in [0, 0.1) is 5.92 Å². The molecule has 0 saturated heterocycles. The Hall–Kier alpha value is -1.60. The highest BCUT2D eigenvalue weighted by molar-refractivity contribution is 7.92. The summed E-state index contributed by atoms with van der Waals surface area (Å²) in [5.74, 6) is 0.259. The van der Waals surface area contributed by atoms with Crippen molar-refractivity contribution in [3.63, 3.8) is 0 Å². The first-order chi connectivity index (χ1) is 10.1. The molecule has 0 bridgehead atoms. The Morgan fingerprint density at radius 3 is 2.14 bits per heavy atom. The van der Waals surface area contributed by atoms with Crippen LogP contribution in [0.3, 0.4) is 0 Å². The molecule has 124 valence electrons. The number of rotatable bonds is 7. The molecule has 0 aromatic heterocycles.